The molecule has 2 rings (SSSR count). The van der Waals surface area contributed by atoms with Crippen molar-refractivity contribution < 1.29 is 13.5 Å². The van der Waals surface area contributed by atoms with Crippen LogP contribution in [0.3, 0.4) is 0 Å². The number of likely N-dealkylation sites (N-methyl/N-ethyl adjacent to an activating group) is 1. The first-order chi connectivity index (χ1) is 8.69. The highest BCUT2D eigenvalue weighted by atomic mass is 19.3. The standard InChI is InChI=1S/C13H18F2N2O/c1-16-11-6-7-17(9-11)8-10-4-2-3-5-12(10)18-13(14)15/h2-5,11,13,16H,6-9H2,1H3. The zero-order valence-corrected chi connectivity index (χ0v) is 10.4. The van der Waals surface area contributed by atoms with Crippen molar-refractivity contribution in [3.8, 4) is 5.75 Å². The Hall–Kier alpha value is -1.20. The molecule has 1 aliphatic heterocycles. The Morgan fingerprint density at radius 1 is 1.44 bits per heavy atom. The maximum atomic E-state index is 12.3. The third-order valence-corrected chi connectivity index (χ3v) is 3.26. The van der Waals surface area contributed by atoms with Crippen molar-refractivity contribution in [3.05, 3.63) is 29.8 Å². The predicted molar refractivity (Wildman–Crippen MR) is 65.8 cm³/mol. The molecule has 1 N–H and O–H groups in total. The Morgan fingerprint density at radius 3 is 2.89 bits per heavy atom. The number of benzene rings is 1. The Bertz CT molecular complexity index is 387. The summed E-state index contributed by atoms with van der Waals surface area (Å²) in [5.41, 5.74) is 0.814. The molecule has 1 unspecified atom stereocenters. The lowest BCUT2D eigenvalue weighted by atomic mass is 10.2. The molecule has 0 amide bonds. The largest absolute Gasteiger partial charge is 0.434 e. The highest BCUT2D eigenvalue weighted by Gasteiger charge is 2.22. The van der Waals surface area contributed by atoms with Crippen LogP contribution in [0.2, 0.25) is 0 Å². The fraction of sp³-hybridized carbons (Fsp3) is 0.538. The second-order valence-corrected chi connectivity index (χ2v) is 4.50. The normalized spacial score (nSPS) is 20.6. The zero-order chi connectivity index (χ0) is 13.0. The van der Waals surface area contributed by atoms with Crippen molar-refractivity contribution in [2.75, 3.05) is 20.1 Å². The minimum absolute atomic E-state index is 0.278. The van der Waals surface area contributed by atoms with Crippen molar-refractivity contribution in [1.82, 2.24) is 10.2 Å². The molecule has 1 saturated heterocycles. The molecule has 1 atom stereocenters. The topological polar surface area (TPSA) is 24.5 Å². The second-order valence-electron chi connectivity index (χ2n) is 4.50. The molecule has 3 nitrogen and oxygen atoms in total. The Kier molecular flexibility index (Phi) is 4.49. The number of rotatable bonds is 5. The molecule has 0 saturated carbocycles. The molecule has 18 heavy (non-hydrogen) atoms. The van der Waals surface area contributed by atoms with Crippen LogP contribution in [0.25, 0.3) is 0 Å². The third kappa shape index (κ3) is 3.40. The number of hydrogen-bond donors (Lipinski definition) is 1. The second kappa shape index (κ2) is 6.11. The van der Waals surface area contributed by atoms with Crippen molar-refractivity contribution in [2.45, 2.75) is 25.6 Å². The van der Waals surface area contributed by atoms with Gasteiger partial charge in [-0.15, -0.1) is 0 Å². The summed E-state index contributed by atoms with van der Waals surface area (Å²) in [7, 11) is 1.95. The molecule has 0 spiro atoms. The van der Waals surface area contributed by atoms with Gasteiger partial charge in [-0.3, -0.25) is 4.90 Å². The average molecular weight is 256 g/mol. The van der Waals surface area contributed by atoms with Gasteiger partial charge in [-0.1, -0.05) is 18.2 Å². The molecule has 5 heteroatoms. The van der Waals surface area contributed by atoms with Gasteiger partial charge in [0.15, 0.2) is 0 Å². The molecule has 1 aromatic rings. The van der Waals surface area contributed by atoms with Crippen LogP contribution in [0.1, 0.15) is 12.0 Å². The van der Waals surface area contributed by atoms with Gasteiger partial charge in [-0.2, -0.15) is 8.78 Å². The molecule has 1 aromatic carbocycles. The molecular formula is C13H18F2N2O. The lowest BCUT2D eigenvalue weighted by Gasteiger charge is -2.18. The summed E-state index contributed by atoms with van der Waals surface area (Å²) in [6.07, 6.45) is 1.09. The first-order valence-corrected chi connectivity index (χ1v) is 6.11. The number of halogens is 2. The van der Waals surface area contributed by atoms with Gasteiger partial charge in [0.05, 0.1) is 0 Å². The molecule has 0 radical (unpaired) electrons. The first kappa shape index (κ1) is 13.2. The van der Waals surface area contributed by atoms with Gasteiger partial charge in [-0.05, 0) is 19.5 Å². The van der Waals surface area contributed by atoms with Gasteiger partial charge in [0.25, 0.3) is 0 Å². The van der Waals surface area contributed by atoms with Crippen LogP contribution in [0.5, 0.6) is 5.75 Å². The number of hydrogen-bond acceptors (Lipinski definition) is 3. The third-order valence-electron chi connectivity index (χ3n) is 3.26. The van der Waals surface area contributed by atoms with Crippen LogP contribution in [0.15, 0.2) is 24.3 Å². The summed E-state index contributed by atoms with van der Waals surface area (Å²) in [4.78, 5) is 2.24. The highest BCUT2D eigenvalue weighted by molar-refractivity contribution is 5.33. The van der Waals surface area contributed by atoms with E-state index in [0.717, 1.165) is 25.1 Å². The Morgan fingerprint density at radius 2 is 2.22 bits per heavy atom. The number of ether oxygens (including phenoxy) is 1. The van der Waals surface area contributed by atoms with Gasteiger partial charge >= 0.3 is 6.61 Å². The molecular weight excluding hydrogens is 238 g/mol. The number of nitrogens with one attached hydrogen (secondary N) is 1. The van der Waals surface area contributed by atoms with E-state index in [1.165, 1.54) is 0 Å². The van der Waals surface area contributed by atoms with Crippen molar-refractivity contribution in [3.63, 3.8) is 0 Å². The van der Waals surface area contributed by atoms with Crippen molar-refractivity contribution >= 4 is 0 Å². The summed E-state index contributed by atoms with van der Waals surface area (Å²) in [5, 5.41) is 3.23. The van der Waals surface area contributed by atoms with E-state index in [4.69, 9.17) is 0 Å². The summed E-state index contributed by atoms with van der Waals surface area (Å²) < 4.78 is 29.1. The fourth-order valence-electron chi connectivity index (χ4n) is 2.30. The van der Waals surface area contributed by atoms with Crippen molar-refractivity contribution in [2.24, 2.45) is 0 Å². The number of alkyl halides is 2. The van der Waals surface area contributed by atoms with Gasteiger partial charge < -0.3 is 10.1 Å². The van der Waals surface area contributed by atoms with Gasteiger partial charge in [-0.25, -0.2) is 0 Å². The molecule has 0 aliphatic carbocycles. The van der Waals surface area contributed by atoms with Crippen LogP contribution in [0, 0.1) is 0 Å². The van der Waals surface area contributed by atoms with Crippen LogP contribution < -0.4 is 10.1 Å². The lowest BCUT2D eigenvalue weighted by molar-refractivity contribution is -0.0507. The summed E-state index contributed by atoms with van der Waals surface area (Å²) >= 11 is 0. The predicted octanol–water partition coefficient (Wildman–Crippen LogP) is 2.08. The van der Waals surface area contributed by atoms with E-state index in [1.807, 2.05) is 19.2 Å². The van der Waals surface area contributed by atoms with E-state index < -0.39 is 6.61 Å². The van der Waals surface area contributed by atoms with E-state index in [0.29, 0.717) is 12.6 Å². The molecule has 1 fully saturated rings. The molecule has 1 aliphatic rings. The van der Waals surface area contributed by atoms with Crippen LogP contribution in [0.4, 0.5) is 8.78 Å². The molecule has 1 heterocycles. The van der Waals surface area contributed by atoms with E-state index in [1.54, 1.807) is 12.1 Å². The van der Waals surface area contributed by atoms with E-state index in [-0.39, 0.29) is 5.75 Å². The average Bonchev–Trinajstić information content (AvgIpc) is 2.79. The summed E-state index contributed by atoms with van der Waals surface area (Å²) in [6.45, 7) is -0.190. The summed E-state index contributed by atoms with van der Waals surface area (Å²) in [6, 6.07) is 7.48. The fourth-order valence-corrected chi connectivity index (χ4v) is 2.30. The molecule has 0 bridgehead atoms. The van der Waals surface area contributed by atoms with Gasteiger partial charge in [0, 0.05) is 31.2 Å². The van der Waals surface area contributed by atoms with E-state index in [2.05, 4.69) is 15.0 Å². The molecule has 100 valence electrons. The summed E-state index contributed by atoms with van der Waals surface area (Å²) in [5.74, 6) is 0.278. The van der Waals surface area contributed by atoms with E-state index in [9.17, 15) is 8.78 Å². The van der Waals surface area contributed by atoms with Gasteiger partial charge in [0.2, 0.25) is 0 Å². The zero-order valence-electron chi connectivity index (χ0n) is 10.4. The van der Waals surface area contributed by atoms with Crippen LogP contribution in [-0.2, 0) is 6.54 Å². The maximum absolute atomic E-state index is 12.3. The minimum Gasteiger partial charge on any atom is -0.434 e. The monoisotopic (exact) mass is 256 g/mol. The SMILES string of the molecule is CNC1CCN(Cc2ccccc2OC(F)F)C1. The number of nitrogens with zero attached hydrogens (tertiary/aromatic N) is 1. The van der Waals surface area contributed by atoms with Crippen molar-refractivity contribution in [1.29, 1.82) is 0 Å². The number of likely N-dealkylation sites (tertiary alicyclic amines) is 1. The Labute approximate surface area is 106 Å². The van der Waals surface area contributed by atoms with E-state index >= 15 is 0 Å². The van der Waals surface area contributed by atoms with Crippen LogP contribution >= 0.6 is 0 Å². The maximum Gasteiger partial charge on any atom is 0.387 e. The molecule has 0 aromatic heterocycles. The minimum atomic E-state index is -2.77. The van der Waals surface area contributed by atoms with Gasteiger partial charge in [0.1, 0.15) is 5.75 Å². The highest BCUT2D eigenvalue weighted by Crippen LogP contribution is 2.23. The van der Waals surface area contributed by atoms with Crippen LogP contribution in [-0.4, -0.2) is 37.7 Å². The number of para-hydroxylation sites is 1. The lowest BCUT2D eigenvalue weighted by Crippen LogP contribution is -2.29. The quantitative estimate of drug-likeness (QED) is 0.873. The smallest absolute Gasteiger partial charge is 0.387 e. The Balaban J connectivity index is 2.00. The first-order valence-electron chi connectivity index (χ1n) is 6.11.